The van der Waals surface area contributed by atoms with E-state index in [2.05, 4.69) is 58.1 Å². The molecule has 0 aromatic heterocycles. The molecule has 2 aliphatic rings. The van der Waals surface area contributed by atoms with Gasteiger partial charge in [0.25, 0.3) is 0 Å². The van der Waals surface area contributed by atoms with Gasteiger partial charge < -0.3 is 14.7 Å². The number of likely N-dealkylation sites (tertiary alicyclic amines) is 1. The minimum Gasteiger partial charge on any atom is -0.496 e. The van der Waals surface area contributed by atoms with Crippen molar-refractivity contribution < 1.29 is 9.84 Å². The average Bonchev–Trinajstić information content (AvgIpc) is 2.75. The van der Waals surface area contributed by atoms with E-state index >= 15 is 0 Å². The second-order valence-electron chi connectivity index (χ2n) is 8.64. The Morgan fingerprint density at radius 3 is 2.59 bits per heavy atom. The van der Waals surface area contributed by atoms with Crippen LogP contribution >= 0.6 is 0 Å². The number of piperidine rings is 1. The van der Waals surface area contributed by atoms with Crippen LogP contribution in [0.2, 0.25) is 0 Å². The van der Waals surface area contributed by atoms with Gasteiger partial charge in [-0.05, 0) is 56.2 Å². The van der Waals surface area contributed by atoms with Crippen LogP contribution in [0, 0.1) is 0 Å². The van der Waals surface area contributed by atoms with E-state index in [1.54, 1.807) is 7.11 Å². The van der Waals surface area contributed by atoms with Crippen LogP contribution in [0.15, 0.2) is 36.4 Å². The average molecular weight is 398 g/mol. The Bertz CT molecular complexity index is 804. The zero-order valence-electron chi connectivity index (χ0n) is 17.9. The van der Waals surface area contributed by atoms with E-state index in [-0.39, 0.29) is 6.61 Å². The first-order chi connectivity index (χ1) is 14.2. The zero-order chi connectivity index (χ0) is 20.2. The summed E-state index contributed by atoms with van der Waals surface area (Å²) in [5, 5.41) is 12.2. The standard InChI is InChI=1S/C24H35N3O2/c1-25-12-9-20(10-13-25)27-15-14-26(17-21(27)11-16-28)18-23-22-6-4-3-5-19(22)7-8-24(23)29-2/h3-8,20-21,28H,9-18H2,1-2H3. The summed E-state index contributed by atoms with van der Waals surface area (Å²) in [6.07, 6.45) is 3.35. The molecule has 1 unspecified atom stereocenters. The molecule has 0 aliphatic carbocycles. The Morgan fingerprint density at radius 2 is 1.83 bits per heavy atom. The molecule has 2 saturated heterocycles. The minimum atomic E-state index is 0.263. The van der Waals surface area contributed by atoms with Crippen LogP contribution in [0.3, 0.4) is 0 Å². The lowest BCUT2D eigenvalue weighted by molar-refractivity contribution is 0.00594. The molecule has 2 aromatic rings. The number of rotatable bonds is 6. The van der Waals surface area contributed by atoms with Gasteiger partial charge in [0, 0.05) is 50.4 Å². The molecule has 2 fully saturated rings. The number of fused-ring (bicyclic) bond motifs is 1. The Labute approximate surface area is 174 Å². The van der Waals surface area contributed by atoms with Crippen LogP contribution in [-0.4, -0.2) is 85.4 Å². The number of methoxy groups -OCH3 is 1. The molecule has 5 nitrogen and oxygen atoms in total. The number of ether oxygens (including phenoxy) is 1. The van der Waals surface area contributed by atoms with Gasteiger partial charge in [0.15, 0.2) is 0 Å². The molecule has 1 atom stereocenters. The van der Waals surface area contributed by atoms with Gasteiger partial charge in [-0.25, -0.2) is 0 Å². The molecule has 0 radical (unpaired) electrons. The predicted molar refractivity (Wildman–Crippen MR) is 118 cm³/mol. The highest BCUT2D eigenvalue weighted by molar-refractivity contribution is 5.87. The van der Waals surface area contributed by atoms with Gasteiger partial charge in [0.2, 0.25) is 0 Å². The molecule has 1 N–H and O–H groups in total. The summed E-state index contributed by atoms with van der Waals surface area (Å²) in [6, 6.07) is 13.9. The molecule has 5 heteroatoms. The summed E-state index contributed by atoms with van der Waals surface area (Å²) in [6.45, 7) is 6.70. The molecule has 0 saturated carbocycles. The topological polar surface area (TPSA) is 39.2 Å². The maximum Gasteiger partial charge on any atom is 0.123 e. The monoisotopic (exact) mass is 397 g/mol. The summed E-state index contributed by atoms with van der Waals surface area (Å²) >= 11 is 0. The number of aliphatic hydroxyl groups is 1. The van der Waals surface area contributed by atoms with Gasteiger partial charge in [-0.2, -0.15) is 0 Å². The van der Waals surface area contributed by atoms with Crippen molar-refractivity contribution in [3.05, 3.63) is 42.0 Å². The van der Waals surface area contributed by atoms with Gasteiger partial charge in [-0.1, -0.05) is 30.3 Å². The lowest BCUT2D eigenvalue weighted by Crippen LogP contribution is -2.58. The molecule has 29 heavy (non-hydrogen) atoms. The number of piperazine rings is 1. The molecule has 2 aromatic carbocycles. The molecule has 158 valence electrons. The summed E-state index contributed by atoms with van der Waals surface area (Å²) in [4.78, 5) is 7.68. The van der Waals surface area contributed by atoms with Crippen molar-refractivity contribution in [2.24, 2.45) is 0 Å². The smallest absolute Gasteiger partial charge is 0.123 e. The highest BCUT2D eigenvalue weighted by atomic mass is 16.5. The van der Waals surface area contributed by atoms with E-state index < -0.39 is 0 Å². The van der Waals surface area contributed by atoms with Crippen LogP contribution in [0.25, 0.3) is 10.8 Å². The fraction of sp³-hybridized carbons (Fsp3) is 0.583. The van der Waals surface area contributed by atoms with Crippen LogP contribution in [-0.2, 0) is 6.54 Å². The molecule has 2 heterocycles. The van der Waals surface area contributed by atoms with Crippen molar-refractivity contribution in [3.8, 4) is 5.75 Å². The van der Waals surface area contributed by atoms with E-state index in [0.29, 0.717) is 12.1 Å². The summed E-state index contributed by atoms with van der Waals surface area (Å²) in [5.74, 6) is 0.972. The van der Waals surface area contributed by atoms with Crippen molar-refractivity contribution in [1.29, 1.82) is 0 Å². The lowest BCUT2D eigenvalue weighted by Gasteiger charge is -2.47. The quantitative estimate of drug-likeness (QED) is 0.812. The van der Waals surface area contributed by atoms with Gasteiger partial charge in [-0.3, -0.25) is 9.80 Å². The third-order valence-corrected chi connectivity index (χ3v) is 6.83. The fourth-order valence-corrected chi connectivity index (χ4v) is 5.18. The molecule has 0 bridgehead atoms. The molecule has 4 rings (SSSR count). The van der Waals surface area contributed by atoms with E-state index in [1.807, 2.05) is 0 Å². The van der Waals surface area contributed by atoms with Crippen LogP contribution in [0.5, 0.6) is 5.75 Å². The highest BCUT2D eigenvalue weighted by Crippen LogP contribution is 2.31. The number of aliphatic hydroxyl groups excluding tert-OH is 1. The lowest BCUT2D eigenvalue weighted by atomic mass is 9.97. The van der Waals surface area contributed by atoms with Crippen molar-refractivity contribution >= 4 is 10.8 Å². The Morgan fingerprint density at radius 1 is 1.03 bits per heavy atom. The molecule has 0 amide bonds. The first kappa shape index (κ1) is 20.6. The second kappa shape index (κ2) is 9.43. The zero-order valence-corrected chi connectivity index (χ0v) is 17.9. The third-order valence-electron chi connectivity index (χ3n) is 6.83. The van der Waals surface area contributed by atoms with Gasteiger partial charge >= 0.3 is 0 Å². The molecule has 0 spiro atoms. The Kier molecular flexibility index (Phi) is 6.70. The van der Waals surface area contributed by atoms with Gasteiger partial charge in [0.05, 0.1) is 7.11 Å². The normalized spacial score (nSPS) is 22.9. The van der Waals surface area contributed by atoms with Gasteiger partial charge in [0.1, 0.15) is 5.75 Å². The van der Waals surface area contributed by atoms with Crippen molar-refractivity contribution in [2.45, 2.75) is 37.9 Å². The van der Waals surface area contributed by atoms with Gasteiger partial charge in [-0.15, -0.1) is 0 Å². The largest absolute Gasteiger partial charge is 0.496 e. The number of hydrogen-bond acceptors (Lipinski definition) is 5. The van der Waals surface area contributed by atoms with Crippen LogP contribution in [0.4, 0.5) is 0 Å². The number of benzene rings is 2. The molecule has 2 aliphatic heterocycles. The minimum absolute atomic E-state index is 0.263. The SMILES string of the molecule is COc1ccc2ccccc2c1CN1CCN(C2CCN(C)CC2)C(CCO)C1. The van der Waals surface area contributed by atoms with Crippen molar-refractivity contribution in [2.75, 3.05) is 53.5 Å². The third kappa shape index (κ3) is 4.58. The van der Waals surface area contributed by atoms with Crippen LogP contribution < -0.4 is 4.74 Å². The maximum absolute atomic E-state index is 9.70. The Hall–Kier alpha value is -1.66. The van der Waals surface area contributed by atoms with E-state index in [4.69, 9.17) is 4.74 Å². The summed E-state index contributed by atoms with van der Waals surface area (Å²) < 4.78 is 5.71. The first-order valence-electron chi connectivity index (χ1n) is 11.0. The van der Waals surface area contributed by atoms with E-state index in [0.717, 1.165) is 38.3 Å². The van der Waals surface area contributed by atoms with Crippen LogP contribution in [0.1, 0.15) is 24.8 Å². The molecular weight excluding hydrogens is 362 g/mol. The second-order valence-corrected chi connectivity index (χ2v) is 8.64. The number of nitrogens with zero attached hydrogens (tertiary/aromatic N) is 3. The van der Waals surface area contributed by atoms with E-state index in [9.17, 15) is 5.11 Å². The maximum atomic E-state index is 9.70. The van der Waals surface area contributed by atoms with Crippen molar-refractivity contribution in [3.63, 3.8) is 0 Å². The Balaban J connectivity index is 1.50. The fourth-order valence-electron chi connectivity index (χ4n) is 5.18. The molecular formula is C24H35N3O2. The first-order valence-corrected chi connectivity index (χ1v) is 11.0. The highest BCUT2D eigenvalue weighted by Gasteiger charge is 2.33. The van der Waals surface area contributed by atoms with E-state index in [1.165, 1.54) is 42.3 Å². The number of hydrogen-bond donors (Lipinski definition) is 1. The van der Waals surface area contributed by atoms with Crippen molar-refractivity contribution in [1.82, 2.24) is 14.7 Å². The summed E-state index contributed by atoms with van der Waals surface area (Å²) in [5.41, 5.74) is 1.28. The predicted octanol–water partition coefficient (Wildman–Crippen LogP) is 2.81. The summed E-state index contributed by atoms with van der Waals surface area (Å²) in [7, 11) is 3.98.